The van der Waals surface area contributed by atoms with E-state index >= 15 is 0 Å². The summed E-state index contributed by atoms with van der Waals surface area (Å²) in [6.07, 6.45) is 4.42. The molecular weight excluding hydrogens is 444 g/mol. The fraction of sp³-hybridized carbons (Fsp3) is 0.318. The molecule has 4 nitrogen and oxygen atoms in total. The standard InChI is InChI=1S/C22H22BrF2NO3/c23-18-6-3-5-17(14-18)22(10-12-28-13-11-22)15-26-20(27)9-8-16-4-1-2-7-19(16)29-21(24)25/h1-9,14,21H,10-13,15H2,(H,26,27)/b9-8+. The second kappa shape index (κ2) is 9.98. The van der Waals surface area contributed by atoms with Crippen molar-refractivity contribution in [2.24, 2.45) is 0 Å². The van der Waals surface area contributed by atoms with Gasteiger partial charge in [0.2, 0.25) is 5.91 Å². The molecule has 0 bridgehead atoms. The fourth-order valence-electron chi connectivity index (χ4n) is 3.45. The topological polar surface area (TPSA) is 47.6 Å². The van der Waals surface area contributed by atoms with Crippen LogP contribution in [0, 0.1) is 0 Å². The van der Waals surface area contributed by atoms with Gasteiger partial charge in [-0.15, -0.1) is 0 Å². The van der Waals surface area contributed by atoms with Gasteiger partial charge in [0, 0.05) is 41.3 Å². The monoisotopic (exact) mass is 465 g/mol. The molecule has 0 aliphatic carbocycles. The summed E-state index contributed by atoms with van der Waals surface area (Å²) in [5, 5.41) is 2.96. The van der Waals surface area contributed by atoms with Gasteiger partial charge < -0.3 is 14.8 Å². The van der Waals surface area contributed by atoms with Gasteiger partial charge in [0.05, 0.1) is 0 Å². The summed E-state index contributed by atoms with van der Waals surface area (Å²) in [4.78, 5) is 12.4. The molecular formula is C22H22BrF2NO3. The fourth-order valence-corrected chi connectivity index (χ4v) is 3.85. The Morgan fingerprint density at radius 3 is 2.69 bits per heavy atom. The van der Waals surface area contributed by atoms with Crippen LogP contribution in [0.3, 0.4) is 0 Å². The zero-order valence-electron chi connectivity index (χ0n) is 15.7. The van der Waals surface area contributed by atoms with Gasteiger partial charge in [-0.25, -0.2) is 0 Å². The molecule has 0 aromatic heterocycles. The smallest absolute Gasteiger partial charge is 0.387 e. The van der Waals surface area contributed by atoms with Gasteiger partial charge in [0.15, 0.2) is 0 Å². The Kier molecular flexibility index (Phi) is 7.39. The van der Waals surface area contributed by atoms with E-state index in [0.29, 0.717) is 25.3 Å². The van der Waals surface area contributed by atoms with Gasteiger partial charge in [-0.3, -0.25) is 4.79 Å². The maximum absolute atomic E-state index is 12.5. The summed E-state index contributed by atoms with van der Waals surface area (Å²) in [6, 6.07) is 14.4. The second-order valence-electron chi connectivity index (χ2n) is 6.87. The molecule has 0 atom stereocenters. The molecule has 7 heteroatoms. The van der Waals surface area contributed by atoms with E-state index in [1.807, 2.05) is 12.1 Å². The van der Waals surface area contributed by atoms with Crippen LogP contribution in [-0.2, 0) is 14.9 Å². The minimum atomic E-state index is -2.92. The summed E-state index contributed by atoms with van der Waals surface area (Å²) in [5.41, 5.74) is 1.35. The molecule has 1 fully saturated rings. The molecule has 1 heterocycles. The van der Waals surface area contributed by atoms with E-state index < -0.39 is 6.61 Å². The first-order valence-corrected chi connectivity index (χ1v) is 10.1. The van der Waals surface area contributed by atoms with Gasteiger partial charge in [0.25, 0.3) is 0 Å². The van der Waals surface area contributed by atoms with Crippen LogP contribution in [-0.4, -0.2) is 32.3 Å². The Labute approximate surface area is 177 Å². The number of hydrogen-bond donors (Lipinski definition) is 1. The SMILES string of the molecule is O=C(/C=C/c1ccccc1OC(F)F)NCC1(c2cccc(Br)c2)CCOCC1. The number of rotatable bonds is 7. The normalized spacial score (nSPS) is 16.1. The maximum atomic E-state index is 12.5. The van der Waals surface area contributed by atoms with Crippen molar-refractivity contribution in [3.05, 3.63) is 70.2 Å². The number of alkyl halides is 2. The molecule has 1 amide bonds. The third-order valence-electron chi connectivity index (χ3n) is 5.04. The highest BCUT2D eigenvalue weighted by Gasteiger charge is 2.34. The summed E-state index contributed by atoms with van der Waals surface area (Å²) >= 11 is 3.51. The van der Waals surface area contributed by atoms with Crippen molar-refractivity contribution < 1.29 is 23.0 Å². The quantitative estimate of drug-likeness (QED) is 0.589. The predicted octanol–water partition coefficient (Wildman–Crippen LogP) is 4.93. The largest absolute Gasteiger partial charge is 0.434 e. The molecule has 1 N–H and O–H groups in total. The third-order valence-corrected chi connectivity index (χ3v) is 5.53. The Morgan fingerprint density at radius 2 is 1.97 bits per heavy atom. The van der Waals surface area contributed by atoms with Crippen LogP contribution in [0.15, 0.2) is 59.1 Å². The molecule has 1 aliphatic rings. The molecule has 1 aliphatic heterocycles. The van der Waals surface area contributed by atoms with E-state index in [9.17, 15) is 13.6 Å². The van der Waals surface area contributed by atoms with Gasteiger partial charge in [0.1, 0.15) is 5.75 Å². The highest BCUT2D eigenvalue weighted by Crippen LogP contribution is 2.35. The van der Waals surface area contributed by atoms with Crippen LogP contribution in [0.5, 0.6) is 5.75 Å². The van der Waals surface area contributed by atoms with E-state index in [-0.39, 0.29) is 17.1 Å². The Hall–Kier alpha value is -2.25. The van der Waals surface area contributed by atoms with Crippen molar-refractivity contribution in [2.45, 2.75) is 24.9 Å². The number of halogens is 3. The van der Waals surface area contributed by atoms with Crippen LogP contribution in [0.25, 0.3) is 6.08 Å². The van der Waals surface area contributed by atoms with Crippen molar-refractivity contribution in [1.29, 1.82) is 0 Å². The van der Waals surface area contributed by atoms with Crippen LogP contribution >= 0.6 is 15.9 Å². The highest BCUT2D eigenvalue weighted by molar-refractivity contribution is 9.10. The van der Waals surface area contributed by atoms with Gasteiger partial charge >= 0.3 is 6.61 Å². The van der Waals surface area contributed by atoms with Crippen LogP contribution in [0.4, 0.5) is 8.78 Å². The lowest BCUT2D eigenvalue weighted by atomic mass is 9.74. The Bertz CT molecular complexity index is 867. The van der Waals surface area contributed by atoms with E-state index in [4.69, 9.17) is 4.74 Å². The number of ether oxygens (including phenoxy) is 2. The molecule has 0 unspecified atom stereocenters. The average molecular weight is 466 g/mol. The van der Waals surface area contributed by atoms with Gasteiger partial charge in [-0.1, -0.05) is 46.3 Å². The lowest BCUT2D eigenvalue weighted by Gasteiger charge is -2.38. The highest BCUT2D eigenvalue weighted by atomic mass is 79.9. The number of hydrogen-bond acceptors (Lipinski definition) is 3. The minimum absolute atomic E-state index is 0.0292. The van der Waals surface area contributed by atoms with Crippen molar-refractivity contribution >= 4 is 27.9 Å². The molecule has 2 aromatic rings. The number of para-hydroxylation sites is 1. The zero-order chi connectivity index (χ0) is 20.7. The molecule has 3 rings (SSSR count). The average Bonchev–Trinajstić information content (AvgIpc) is 2.72. The van der Waals surface area contributed by atoms with E-state index in [0.717, 1.165) is 22.9 Å². The molecule has 1 saturated heterocycles. The van der Waals surface area contributed by atoms with Crippen molar-refractivity contribution in [1.82, 2.24) is 5.32 Å². The van der Waals surface area contributed by atoms with Crippen LogP contribution in [0.2, 0.25) is 0 Å². The molecule has 0 spiro atoms. The molecule has 2 aromatic carbocycles. The van der Waals surface area contributed by atoms with Crippen LogP contribution < -0.4 is 10.1 Å². The second-order valence-corrected chi connectivity index (χ2v) is 7.79. The molecule has 0 radical (unpaired) electrons. The first kappa shape index (κ1) is 21.5. The number of benzene rings is 2. The summed E-state index contributed by atoms with van der Waals surface area (Å²) in [5.74, 6) is -0.265. The Balaban J connectivity index is 1.69. The van der Waals surface area contributed by atoms with E-state index in [2.05, 4.69) is 38.1 Å². The van der Waals surface area contributed by atoms with E-state index in [1.165, 1.54) is 18.2 Å². The van der Waals surface area contributed by atoms with Gasteiger partial charge in [-0.05, 0) is 42.7 Å². The van der Waals surface area contributed by atoms with Gasteiger partial charge in [-0.2, -0.15) is 8.78 Å². The minimum Gasteiger partial charge on any atom is -0.434 e. The Morgan fingerprint density at radius 1 is 1.21 bits per heavy atom. The number of nitrogens with one attached hydrogen (secondary N) is 1. The molecule has 154 valence electrons. The number of amides is 1. The summed E-state index contributed by atoms with van der Waals surface area (Å²) in [7, 11) is 0. The van der Waals surface area contributed by atoms with Crippen molar-refractivity contribution in [3.63, 3.8) is 0 Å². The number of carbonyl (C=O) groups excluding carboxylic acids is 1. The van der Waals surface area contributed by atoms with Crippen molar-refractivity contribution in [3.8, 4) is 5.75 Å². The first-order valence-electron chi connectivity index (χ1n) is 9.32. The first-order chi connectivity index (χ1) is 14.0. The lowest BCUT2D eigenvalue weighted by Crippen LogP contribution is -2.44. The van der Waals surface area contributed by atoms with E-state index in [1.54, 1.807) is 18.2 Å². The summed E-state index contributed by atoms with van der Waals surface area (Å²) < 4.78 is 36.0. The summed E-state index contributed by atoms with van der Waals surface area (Å²) in [6.45, 7) is -1.19. The number of carbonyl (C=O) groups is 1. The third kappa shape index (κ3) is 5.87. The maximum Gasteiger partial charge on any atom is 0.387 e. The molecule has 29 heavy (non-hydrogen) atoms. The lowest BCUT2D eigenvalue weighted by molar-refractivity contribution is -0.116. The zero-order valence-corrected chi connectivity index (χ0v) is 17.3. The predicted molar refractivity (Wildman–Crippen MR) is 111 cm³/mol. The van der Waals surface area contributed by atoms with Crippen molar-refractivity contribution in [2.75, 3.05) is 19.8 Å². The van der Waals surface area contributed by atoms with Crippen LogP contribution in [0.1, 0.15) is 24.0 Å². The molecule has 0 saturated carbocycles.